The van der Waals surface area contributed by atoms with Crippen LogP contribution < -0.4 is 15.8 Å². The molecule has 1 heterocycles. The van der Waals surface area contributed by atoms with E-state index in [4.69, 9.17) is 10.5 Å². The summed E-state index contributed by atoms with van der Waals surface area (Å²) in [4.78, 5) is 12.3. The third-order valence-corrected chi connectivity index (χ3v) is 4.30. The Kier molecular flexibility index (Phi) is 3.19. The summed E-state index contributed by atoms with van der Waals surface area (Å²) in [6, 6.07) is 7.80. The number of rotatable bonds is 4. The summed E-state index contributed by atoms with van der Waals surface area (Å²) in [5.41, 5.74) is 6.92. The molecular weight excluding hydrogens is 240 g/mol. The van der Waals surface area contributed by atoms with Gasteiger partial charge >= 0.3 is 0 Å². The van der Waals surface area contributed by atoms with E-state index in [1.54, 1.807) is 0 Å². The van der Waals surface area contributed by atoms with Gasteiger partial charge < -0.3 is 15.8 Å². The largest absolute Gasteiger partial charge is 0.493 e. The van der Waals surface area contributed by atoms with Crippen molar-refractivity contribution in [3.8, 4) is 5.75 Å². The van der Waals surface area contributed by atoms with Gasteiger partial charge in [-0.2, -0.15) is 0 Å². The van der Waals surface area contributed by atoms with Crippen molar-refractivity contribution in [3.63, 3.8) is 0 Å². The summed E-state index contributed by atoms with van der Waals surface area (Å²) in [5, 5.41) is 3.07. The van der Waals surface area contributed by atoms with Crippen LogP contribution in [0.1, 0.15) is 30.7 Å². The van der Waals surface area contributed by atoms with E-state index in [1.165, 1.54) is 0 Å². The van der Waals surface area contributed by atoms with Gasteiger partial charge in [0.05, 0.1) is 12.5 Å². The van der Waals surface area contributed by atoms with Crippen LogP contribution in [-0.2, 0) is 4.79 Å². The van der Waals surface area contributed by atoms with Crippen molar-refractivity contribution in [2.24, 2.45) is 11.1 Å². The number of ether oxygens (including phenoxy) is 1. The number of benzene rings is 1. The van der Waals surface area contributed by atoms with E-state index in [0.717, 1.165) is 30.6 Å². The van der Waals surface area contributed by atoms with E-state index in [-0.39, 0.29) is 17.2 Å². The van der Waals surface area contributed by atoms with Gasteiger partial charge in [-0.3, -0.25) is 4.79 Å². The average molecular weight is 260 g/mol. The number of fused-ring (bicyclic) bond motifs is 1. The molecule has 4 nitrogen and oxygen atoms in total. The molecule has 102 valence electrons. The van der Waals surface area contributed by atoms with E-state index >= 15 is 0 Å². The van der Waals surface area contributed by atoms with E-state index in [0.29, 0.717) is 19.7 Å². The predicted molar refractivity (Wildman–Crippen MR) is 73.0 cm³/mol. The molecule has 1 unspecified atom stereocenters. The number of hydrogen-bond acceptors (Lipinski definition) is 3. The van der Waals surface area contributed by atoms with E-state index in [9.17, 15) is 4.79 Å². The second-order valence-corrected chi connectivity index (χ2v) is 5.65. The zero-order chi connectivity index (χ0) is 13.3. The Morgan fingerprint density at radius 3 is 2.95 bits per heavy atom. The lowest BCUT2D eigenvalue weighted by Crippen LogP contribution is -2.38. The molecule has 0 radical (unpaired) electrons. The zero-order valence-corrected chi connectivity index (χ0v) is 11.0. The summed E-state index contributed by atoms with van der Waals surface area (Å²) in [5.74, 6) is 0.864. The smallest absolute Gasteiger partial charge is 0.227 e. The summed E-state index contributed by atoms with van der Waals surface area (Å²) in [6.07, 6.45) is 3.01. The molecule has 1 aromatic carbocycles. The van der Waals surface area contributed by atoms with Gasteiger partial charge in [-0.05, 0) is 37.3 Å². The van der Waals surface area contributed by atoms with Gasteiger partial charge in [0.15, 0.2) is 0 Å². The van der Waals surface area contributed by atoms with Gasteiger partial charge in [0.25, 0.3) is 0 Å². The third kappa shape index (κ3) is 2.45. The van der Waals surface area contributed by atoms with Crippen molar-refractivity contribution < 1.29 is 9.53 Å². The summed E-state index contributed by atoms with van der Waals surface area (Å²) >= 11 is 0. The lowest BCUT2D eigenvalue weighted by atomic mass is 9.92. The fraction of sp³-hybridized carbons (Fsp3) is 0.533. The summed E-state index contributed by atoms with van der Waals surface area (Å²) < 4.78 is 5.58. The summed E-state index contributed by atoms with van der Waals surface area (Å²) in [7, 11) is 0. The molecule has 19 heavy (non-hydrogen) atoms. The van der Waals surface area contributed by atoms with Crippen molar-refractivity contribution >= 4 is 5.91 Å². The molecule has 1 atom stereocenters. The van der Waals surface area contributed by atoms with Gasteiger partial charge in [0.2, 0.25) is 5.91 Å². The molecule has 1 saturated carbocycles. The molecular formula is C15H20N2O2. The van der Waals surface area contributed by atoms with Crippen molar-refractivity contribution in [3.05, 3.63) is 29.8 Å². The molecule has 0 spiro atoms. The van der Waals surface area contributed by atoms with E-state index in [2.05, 4.69) is 5.32 Å². The van der Waals surface area contributed by atoms with Gasteiger partial charge in [-0.15, -0.1) is 0 Å². The first-order valence-electron chi connectivity index (χ1n) is 6.94. The number of hydrogen-bond donors (Lipinski definition) is 2. The monoisotopic (exact) mass is 260 g/mol. The predicted octanol–water partition coefficient (Wildman–Crippen LogP) is 1.41. The first-order chi connectivity index (χ1) is 9.24. The summed E-state index contributed by atoms with van der Waals surface area (Å²) in [6.45, 7) is 1.98. The molecule has 2 aliphatic rings. The van der Waals surface area contributed by atoms with Crippen LogP contribution >= 0.6 is 0 Å². The standard InChI is InChI=1S/C15H20N2O2/c16-9-15(6-7-15)10-17-14(18)12-5-8-19-13-4-2-1-3-11(12)13/h1-4,12H,5-10,16H2,(H,17,18). The van der Waals surface area contributed by atoms with Gasteiger partial charge in [0.1, 0.15) is 5.75 Å². The molecule has 1 aromatic rings. The fourth-order valence-electron chi connectivity index (χ4n) is 2.64. The maximum atomic E-state index is 12.3. The van der Waals surface area contributed by atoms with E-state index < -0.39 is 0 Å². The Morgan fingerprint density at radius 1 is 1.42 bits per heavy atom. The highest BCUT2D eigenvalue weighted by Crippen LogP contribution is 2.44. The zero-order valence-electron chi connectivity index (χ0n) is 11.0. The number of amides is 1. The highest BCUT2D eigenvalue weighted by Gasteiger charge is 2.41. The molecule has 3 rings (SSSR count). The number of para-hydroxylation sites is 1. The van der Waals surface area contributed by atoms with Crippen molar-refractivity contribution in [1.29, 1.82) is 0 Å². The normalized spacial score (nSPS) is 23.1. The van der Waals surface area contributed by atoms with Crippen molar-refractivity contribution in [2.45, 2.75) is 25.2 Å². The van der Waals surface area contributed by atoms with Crippen LogP contribution in [0.25, 0.3) is 0 Å². The number of nitrogens with one attached hydrogen (secondary N) is 1. The number of nitrogens with two attached hydrogens (primary N) is 1. The van der Waals surface area contributed by atoms with Crippen LogP contribution in [0.3, 0.4) is 0 Å². The second-order valence-electron chi connectivity index (χ2n) is 5.65. The Hall–Kier alpha value is -1.55. The lowest BCUT2D eigenvalue weighted by Gasteiger charge is -2.25. The molecule has 1 fully saturated rings. The third-order valence-electron chi connectivity index (χ3n) is 4.30. The van der Waals surface area contributed by atoms with Gasteiger partial charge in [0, 0.05) is 12.1 Å². The van der Waals surface area contributed by atoms with Crippen LogP contribution in [0.5, 0.6) is 5.75 Å². The molecule has 1 amide bonds. The minimum Gasteiger partial charge on any atom is -0.493 e. The molecule has 0 bridgehead atoms. The average Bonchev–Trinajstić information content (AvgIpc) is 3.25. The second kappa shape index (κ2) is 4.85. The Labute approximate surface area is 113 Å². The lowest BCUT2D eigenvalue weighted by molar-refractivity contribution is -0.123. The topological polar surface area (TPSA) is 64.3 Å². The highest BCUT2D eigenvalue weighted by molar-refractivity contribution is 5.84. The van der Waals surface area contributed by atoms with Crippen molar-refractivity contribution in [2.75, 3.05) is 19.7 Å². The first kappa shape index (κ1) is 12.5. The van der Waals surface area contributed by atoms with Crippen LogP contribution in [0.4, 0.5) is 0 Å². The fourth-order valence-corrected chi connectivity index (χ4v) is 2.64. The minimum atomic E-state index is -0.0847. The molecule has 3 N–H and O–H groups in total. The number of carbonyl (C=O) groups excluding carboxylic acids is 1. The quantitative estimate of drug-likeness (QED) is 0.860. The molecule has 1 aliphatic heterocycles. The van der Waals surface area contributed by atoms with Gasteiger partial charge in [-0.25, -0.2) is 0 Å². The molecule has 0 saturated heterocycles. The maximum absolute atomic E-state index is 12.3. The molecule has 4 heteroatoms. The first-order valence-corrected chi connectivity index (χ1v) is 6.94. The Morgan fingerprint density at radius 2 is 2.21 bits per heavy atom. The maximum Gasteiger partial charge on any atom is 0.227 e. The van der Waals surface area contributed by atoms with E-state index in [1.807, 2.05) is 24.3 Å². The van der Waals surface area contributed by atoms with Crippen LogP contribution in [0, 0.1) is 5.41 Å². The van der Waals surface area contributed by atoms with Crippen LogP contribution in [0.2, 0.25) is 0 Å². The Balaban J connectivity index is 1.67. The van der Waals surface area contributed by atoms with Crippen LogP contribution in [0.15, 0.2) is 24.3 Å². The minimum absolute atomic E-state index is 0.0847. The Bertz CT molecular complexity index is 483. The molecule has 0 aromatic heterocycles. The highest BCUT2D eigenvalue weighted by atomic mass is 16.5. The molecule has 1 aliphatic carbocycles. The van der Waals surface area contributed by atoms with Crippen molar-refractivity contribution in [1.82, 2.24) is 5.32 Å². The van der Waals surface area contributed by atoms with Gasteiger partial charge in [-0.1, -0.05) is 18.2 Å². The van der Waals surface area contributed by atoms with Crippen LogP contribution in [-0.4, -0.2) is 25.6 Å². The SMILES string of the molecule is NCC1(CNC(=O)C2CCOc3ccccc32)CC1. The number of carbonyl (C=O) groups is 1.